The fourth-order valence-electron chi connectivity index (χ4n) is 0.882. The molecule has 0 aromatic rings. The summed E-state index contributed by atoms with van der Waals surface area (Å²) in [5, 5.41) is 8.47. The minimum atomic E-state index is -0.868. The molecule has 1 atom stereocenters. The van der Waals surface area contributed by atoms with Crippen molar-refractivity contribution >= 4 is 11.9 Å². The molecule has 0 spiro atoms. The second-order valence-corrected chi connectivity index (χ2v) is 2.72. The number of esters is 1. The molecule has 0 saturated carbocycles. The fourth-order valence-corrected chi connectivity index (χ4v) is 0.882. The van der Waals surface area contributed by atoms with E-state index in [-0.39, 0.29) is 24.9 Å². The summed E-state index contributed by atoms with van der Waals surface area (Å²) in [4.78, 5) is 20.7. The van der Waals surface area contributed by atoms with Crippen LogP contribution < -0.4 is 0 Å². The maximum Gasteiger partial charge on any atom is 0.303 e. The Morgan fingerprint density at radius 2 is 2.23 bits per heavy atom. The van der Waals surface area contributed by atoms with Crippen molar-refractivity contribution in [2.75, 3.05) is 6.61 Å². The van der Waals surface area contributed by atoms with Gasteiger partial charge < -0.3 is 9.84 Å². The van der Waals surface area contributed by atoms with Crippen LogP contribution in [0.4, 0.5) is 0 Å². The Hall–Kier alpha value is -1.32. The maximum atomic E-state index is 10.4. The van der Waals surface area contributed by atoms with Crippen LogP contribution in [0.25, 0.3) is 0 Å². The van der Waals surface area contributed by atoms with Crippen molar-refractivity contribution in [2.45, 2.75) is 19.8 Å². The first-order chi connectivity index (χ1) is 6.06. The third-order valence-electron chi connectivity index (χ3n) is 1.56. The molecule has 0 heterocycles. The van der Waals surface area contributed by atoms with Crippen LogP contribution >= 0.6 is 0 Å². The molecule has 74 valence electrons. The van der Waals surface area contributed by atoms with Gasteiger partial charge in [0.15, 0.2) is 0 Å². The summed E-state index contributed by atoms with van der Waals surface area (Å²) in [6.07, 6.45) is 2.11. The molecular weight excluding hydrogens is 172 g/mol. The number of ether oxygens (including phenoxy) is 1. The monoisotopic (exact) mass is 186 g/mol. The summed E-state index contributed by atoms with van der Waals surface area (Å²) in [5.74, 6) is -1.34. The first-order valence-electron chi connectivity index (χ1n) is 4.04. The second-order valence-electron chi connectivity index (χ2n) is 2.72. The molecule has 0 aromatic carbocycles. The molecule has 0 saturated heterocycles. The van der Waals surface area contributed by atoms with Gasteiger partial charge in [0, 0.05) is 6.92 Å². The van der Waals surface area contributed by atoms with Crippen LogP contribution in [0.1, 0.15) is 19.8 Å². The summed E-state index contributed by atoms with van der Waals surface area (Å²) in [7, 11) is 0. The van der Waals surface area contributed by atoms with Crippen LogP contribution in [0.5, 0.6) is 0 Å². The van der Waals surface area contributed by atoms with Crippen molar-refractivity contribution < 1.29 is 19.4 Å². The van der Waals surface area contributed by atoms with Crippen LogP contribution in [-0.2, 0) is 14.3 Å². The highest BCUT2D eigenvalue weighted by Gasteiger charge is 2.09. The molecule has 0 aliphatic rings. The minimum Gasteiger partial charge on any atom is -0.481 e. The Morgan fingerprint density at radius 3 is 2.62 bits per heavy atom. The average molecular weight is 186 g/mol. The van der Waals surface area contributed by atoms with Crippen LogP contribution in [0, 0.1) is 5.92 Å². The lowest BCUT2D eigenvalue weighted by Crippen LogP contribution is -2.09. The van der Waals surface area contributed by atoms with Gasteiger partial charge in [0.2, 0.25) is 0 Å². The highest BCUT2D eigenvalue weighted by atomic mass is 16.5. The van der Waals surface area contributed by atoms with Gasteiger partial charge in [0.05, 0.1) is 13.0 Å². The Bertz CT molecular complexity index is 198. The molecule has 0 amide bonds. The van der Waals surface area contributed by atoms with Gasteiger partial charge in [-0.05, 0) is 12.3 Å². The van der Waals surface area contributed by atoms with E-state index in [1.807, 2.05) is 0 Å². The zero-order valence-electron chi connectivity index (χ0n) is 7.66. The molecule has 1 N–H and O–H groups in total. The van der Waals surface area contributed by atoms with E-state index in [4.69, 9.17) is 5.11 Å². The summed E-state index contributed by atoms with van der Waals surface area (Å²) in [6, 6.07) is 0. The highest BCUT2D eigenvalue weighted by molar-refractivity contribution is 5.67. The number of carbonyl (C=O) groups is 2. The number of aliphatic carboxylic acids is 1. The van der Waals surface area contributed by atoms with E-state index in [0.717, 1.165) is 0 Å². The molecule has 0 aliphatic heterocycles. The third-order valence-corrected chi connectivity index (χ3v) is 1.56. The first kappa shape index (κ1) is 11.7. The smallest absolute Gasteiger partial charge is 0.303 e. The van der Waals surface area contributed by atoms with Crippen molar-refractivity contribution in [2.24, 2.45) is 5.92 Å². The number of hydrogen-bond donors (Lipinski definition) is 1. The Morgan fingerprint density at radius 1 is 1.62 bits per heavy atom. The average Bonchev–Trinajstić information content (AvgIpc) is 2.01. The molecular formula is C9H14O4. The number of carboxylic acid groups (broad SMARTS) is 1. The Kier molecular flexibility index (Phi) is 5.59. The zero-order valence-corrected chi connectivity index (χ0v) is 7.66. The lowest BCUT2D eigenvalue weighted by atomic mass is 10.0. The van der Waals surface area contributed by atoms with Crippen molar-refractivity contribution in [3.05, 3.63) is 12.7 Å². The van der Waals surface area contributed by atoms with Crippen LogP contribution in [0.3, 0.4) is 0 Å². The lowest BCUT2D eigenvalue weighted by molar-refractivity contribution is -0.141. The predicted molar refractivity (Wildman–Crippen MR) is 47.2 cm³/mol. The number of allylic oxidation sites excluding steroid dienone is 1. The van der Waals surface area contributed by atoms with E-state index in [9.17, 15) is 9.59 Å². The second kappa shape index (κ2) is 6.22. The molecule has 0 radical (unpaired) electrons. The number of carboxylic acids is 1. The quantitative estimate of drug-likeness (QED) is 0.500. The van der Waals surface area contributed by atoms with Gasteiger partial charge in [-0.15, -0.1) is 6.58 Å². The first-order valence-corrected chi connectivity index (χ1v) is 4.04. The molecule has 0 aliphatic carbocycles. The molecule has 0 fully saturated rings. The van der Waals surface area contributed by atoms with E-state index in [1.165, 1.54) is 6.92 Å². The third kappa shape index (κ3) is 7.05. The molecule has 13 heavy (non-hydrogen) atoms. The predicted octanol–water partition coefficient (Wildman–Crippen LogP) is 1.22. The minimum absolute atomic E-state index is 0.0325. The largest absolute Gasteiger partial charge is 0.481 e. The normalized spacial score (nSPS) is 11.8. The van der Waals surface area contributed by atoms with E-state index in [0.29, 0.717) is 6.42 Å². The summed E-state index contributed by atoms with van der Waals surface area (Å²) < 4.78 is 4.68. The van der Waals surface area contributed by atoms with Gasteiger partial charge in [-0.3, -0.25) is 9.59 Å². The van der Waals surface area contributed by atoms with Gasteiger partial charge in [-0.25, -0.2) is 0 Å². The van der Waals surface area contributed by atoms with Crippen molar-refractivity contribution in [1.82, 2.24) is 0 Å². The van der Waals surface area contributed by atoms with Gasteiger partial charge in [0.25, 0.3) is 0 Å². The molecule has 0 rings (SSSR count). The summed E-state index contributed by atoms with van der Waals surface area (Å²) in [5.41, 5.74) is 0. The van der Waals surface area contributed by atoms with E-state index in [2.05, 4.69) is 11.3 Å². The molecule has 0 aromatic heterocycles. The topological polar surface area (TPSA) is 63.6 Å². The van der Waals surface area contributed by atoms with Crippen LogP contribution in [0.2, 0.25) is 0 Å². The Balaban J connectivity index is 3.65. The van der Waals surface area contributed by atoms with Crippen LogP contribution in [-0.4, -0.2) is 23.7 Å². The van der Waals surface area contributed by atoms with Gasteiger partial charge in [-0.2, -0.15) is 0 Å². The number of hydrogen-bond acceptors (Lipinski definition) is 3. The standard InChI is InChI=1S/C9H14O4/c1-3-8(6-9(11)12)4-5-13-7(2)10/h3,8H,1,4-6H2,2H3,(H,11,12). The SMILES string of the molecule is C=CC(CCOC(C)=O)CC(=O)O. The fraction of sp³-hybridized carbons (Fsp3) is 0.556. The van der Waals surface area contributed by atoms with E-state index >= 15 is 0 Å². The van der Waals surface area contributed by atoms with E-state index in [1.54, 1.807) is 6.08 Å². The van der Waals surface area contributed by atoms with Gasteiger partial charge in [0.1, 0.15) is 0 Å². The van der Waals surface area contributed by atoms with Crippen molar-refractivity contribution in [1.29, 1.82) is 0 Å². The van der Waals surface area contributed by atoms with Crippen molar-refractivity contribution in [3.63, 3.8) is 0 Å². The summed E-state index contributed by atoms with van der Waals surface area (Å²) >= 11 is 0. The van der Waals surface area contributed by atoms with Crippen LogP contribution in [0.15, 0.2) is 12.7 Å². The molecule has 0 bridgehead atoms. The van der Waals surface area contributed by atoms with Crippen molar-refractivity contribution in [3.8, 4) is 0 Å². The van der Waals surface area contributed by atoms with E-state index < -0.39 is 5.97 Å². The zero-order chi connectivity index (χ0) is 10.3. The summed E-state index contributed by atoms with van der Waals surface area (Å²) in [6.45, 7) is 5.08. The van der Waals surface area contributed by atoms with Gasteiger partial charge >= 0.3 is 11.9 Å². The maximum absolute atomic E-state index is 10.4. The number of rotatable bonds is 6. The molecule has 1 unspecified atom stereocenters. The molecule has 4 heteroatoms. The Labute approximate surface area is 77.2 Å². The lowest BCUT2D eigenvalue weighted by Gasteiger charge is -2.08. The number of carbonyl (C=O) groups excluding carboxylic acids is 1. The molecule has 4 nitrogen and oxygen atoms in total. The van der Waals surface area contributed by atoms with Gasteiger partial charge in [-0.1, -0.05) is 6.08 Å². The highest BCUT2D eigenvalue weighted by Crippen LogP contribution is 2.09.